The molecule has 0 amide bonds. The van der Waals surface area contributed by atoms with Crippen molar-refractivity contribution in [2.24, 2.45) is 0 Å². The van der Waals surface area contributed by atoms with E-state index in [1.165, 1.54) is 0 Å². The van der Waals surface area contributed by atoms with Crippen LogP contribution in [0.2, 0.25) is 5.02 Å². The third-order valence-electron chi connectivity index (χ3n) is 5.84. The number of piperazine rings is 1. The highest BCUT2D eigenvalue weighted by Crippen LogP contribution is 2.38. The van der Waals surface area contributed by atoms with Crippen LogP contribution in [0.1, 0.15) is 5.56 Å². The fourth-order valence-corrected chi connectivity index (χ4v) is 4.27. The van der Waals surface area contributed by atoms with Gasteiger partial charge < -0.3 is 25.1 Å². The summed E-state index contributed by atoms with van der Waals surface area (Å²) < 4.78 is 39.3. The molecule has 0 spiro atoms. The van der Waals surface area contributed by atoms with Crippen molar-refractivity contribution >= 4 is 34.2 Å². The summed E-state index contributed by atoms with van der Waals surface area (Å²) in [6.07, 6.45) is 5.06. The molecular weight excluding hydrogens is 464 g/mol. The van der Waals surface area contributed by atoms with Crippen molar-refractivity contribution < 1.29 is 17.9 Å². The lowest BCUT2D eigenvalue weighted by Gasteiger charge is -2.28. The zero-order chi connectivity index (χ0) is 23.7. The second-order valence-corrected chi connectivity index (χ2v) is 8.31. The van der Waals surface area contributed by atoms with Crippen LogP contribution in [0.3, 0.4) is 0 Å². The van der Waals surface area contributed by atoms with Gasteiger partial charge in [0.25, 0.3) is 0 Å². The number of halogens is 3. The van der Waals surface area contributed by atoms with Crippen molar-refractivity contribution in [1.29, 1.82) is 0 Å². The molecule has 0 atom stereocenters. The molecule has 3 aromatic heterocycles. The van der Waals surface area contributed by atoms with Gasteiger partial charge >= 0.3 is 0 Å². The number of nitrogens with two attached hydrogens (primary N) is 1. The van der Waals surface area contributed by atoms with Crippen molar-refractivity contribution in [3.63, 3.8) is 0 Å². The maximum atomic E-state index is 14.1. The van der Waals surface area contributed by atoms with Crippen LogP contribution in [0, 0.1) is 11.6 Å². The molecular formula is C24H22ClF2N5O2. The Morgan fingerprint density at radius 1 is 1.09 bits per heavy atom. The molecule has 3 N–H and O–H groups in total. The minimum absolute atomic E-state index is 0.00205. The quantitative estimate of drug-likeness (QED) is 0.390. The Bertz CT molecular complexity index is 1320. The number of pyridine rings is 2. The first kappa shape index (κ1) is 22.4. The van der Waals surface area contributed by atoms with E-state index in [1.54, 1.807) is 18.7 Å². The molecule has 34 heavy (non-hydrogen) atoms. The Hall–Kier alpha value is -3.43. The van der Waals surface area contributed by atoms with Crippen LogP contribution >= 0.6 is 11.6 Å². The van der Waals surface area contributed by atoms with Gasteiger partial charge in [0.15, 0.2) is 11.4 Å². The zero-order valence-corrected chi connectivity index (χ0v) is 18.9. The number of nitrogens with zero attached hydrogens (tertiary/aromatic N) is 3. The lowest BCUT2D eigenvalue weighted by Crippen LogP contribution is -2.43. The van der Waals surface area contributed by atoms with Gasteiger partial charge in [-0.1, -0.05) is 11.6 Å². The molecule has 0 bridgehead atoms. The monoisotopic (exact) mass is 485 g/mol. The van der Waals surface area contributed by atoms with E-state index in [9.17, 15) is 8.78 Å². The second kappa shape index (κ2) is 9.44. The number of benzene rings is 1. The topological polar surface area (TPSA) is 89.4 Å². The van der Waals surface area contributed by atoms with Crippen molar-refractivity contribution in [2.45, 2.75) is 6.42 Å². The maximum Gasteiger partial charge on any atom is 0.205 e. The van der Waals surface area contributed by atoms with Gasteiger partial charge in [-0.3, -0.25) is 0 Å². The third kappa shape index (κ3) is 4.24. The molecule has 0 saturated carbocycles. The first-order valence-corrected chi connectivity index (χ1v) is 11.2. The lowest BCUT2D eigenvalue weighted by molar-refractivity contribution is 0.319. The lowest BCUT2D eigenvalue weighted by atomic mass is 10.1. The first-order chi connectivity index (χ1) is 16.5. The van der Waals surface area contributed by atoms with Crippen LogP contribution in [0.4, 0.5) is 20.4 Å². The van der Waals surface area contributed by atoms with Crippen molar-refractivity contribution in [2.75, 3.05) is 43.4 Å². The number of hydrogen-bond acceptors (Lipinski definition) is 7. The van der Waals surface area contributed by atoms with Gasteiger partial charge in [-0.2, -0.15) is 0 Å². The van der Waals surface area contributed by atoms with E-state index < -0.39 is 11.6 Å². The fraction of sp³-hybridized carbons (Fsp3) is 0.250. The molecule has 1 aromatic carbocycles. The number of hydrogen-bond donors (Lipinski definition) is 2. The number of aromatic nitrogens is 2. The summed E-state index contributed by atoms with van der Waals surface area (Å²) in [6.45, 7) is 3.70. The van der Waals surface area contributed by atoms with E-state index in [0.29, 0.717) is 11.0 Å². The minimum Gasteiger partial charge on any atom is -0.486 e. The standard InChI is InChI=1S/C24H22ClF2N5O2/c25-21-15(18(26)2-3-19(21)27)5-10-33-23-22-16(12-31-24(23)28)17(13-34-22)14-1-4-20(30-11-14)32-8-6-29-7-9-32/h1-4,11-13,29H,5-10H2,(H2,28,31). The number of anilines is 2. The van der Waals surface area contributed by atoms with Crippen molar-refractivity contribution in [1.82, 2.24) is 15.3 Å². The summed E-state index contributed by atoms with van der Waals surface area (Å²) in [5, 5.41) is 3.77. The highest BCUT2D eigenvalue weighted by molar-refractivity contribution is 6.31. The molecule has 1 fully saturated rings. The third-order valence-corrected chi connectivity index (χ3v) is 6.25. The van der Waals surface area contributed by atoms with Gasteiger partial charge in [0, 0.05) is 61.7 Å². The molecule has 1 saturated heterocycles. The van der Waals surface area contributed by atoms with Crippen LogP contribution in [0.5, 0.6) is 5.75 Å². The minimum atomic E-state index is -0.686. The van der Waals surface area contributed by atoms with E-state index >= 15 is 0 Å². The number of fused-ring (bicyclic) bond motifs is 1. The number of nitrogens with one attached hydrogen (secondary N) is 1. The zero-order valence-electron chi connectivity index (χ0n) is 18.2. The average Bonchev–Trinajstić information content (AvgIpc) is 3.30. The van der Waals surface area contributed by atoms with Crippen LogP contribution in [-0.4, -0.2) is 42.8 Å². The Balaban J connectivity index is 1.37. The summed E-state index contributed by atoms with van der Waals surface area (Å²) in [5.74, 6) is 0.00566. The predicted molar refractivity (Wildman–Crippen MR) is 127 cm³/mol. The van der Waals surface area contributed by atoms with E-state index in [-0.39, 0.29) is 35.2 Å². The Morgan fingerprint density at radius 3 is 2.65 bits per heavy atom. The fourth-order valence-electron chi connectivity index (χ4n) is 4.02. The molecule has 5 rings (SSSR count). The first-order valence-electron chi connectivity index (χ1n) is 10.9. The van der Waals surface area contributed by atoms with E-state index in [2.05, 4.69) is 20.2 Å². The summed E-state index contributed by atoms with van der Waals surface area (Å²) in [6, 6.07) is 5.99. The summed E-state index contributed by atoms with van der Waals surface area (Å²) >= 11 is 5.90. The number of furan rings is 1. The van der Waals surface area contributed by atoms with Gasteiger partial charge in [-0.25, -0.2) is 18.7 Å². The largest absolute Gasteiger partial charge is 0.486 e. The summed E-state index contributed by atoms with van der Waals surface area (Å²) in [5.41, 5.74) is 8.14. The summed E-state index contributed by atoms with van der Waals surface area (Å²) in [7, 11) is 0. The SMILES string of the molecule is Nc1ncc2c(-c3ccc(N4CCNCC4)nc3)coc2c1OCCc1c(F)ccc(F)c1Cl. The second-order valence-electron chi connectivity index (χ2n) is 7.93. The van der Waals surface area contributed by atoms with Gasteiger partial charge in [0.2, 0.25) is 5.75 Å². The maximum absolute atomic E-state index is 14.1. The molecule has 0 unspecified atom stereocenters. The van der Waals surface area contributed by atoms with Crippen molar-refractivity contribution in [3.8, 4) is 16.9 Å². The van der Waals surface area contributed by atoms with Crippen LogP contribution in [0.25, 0.3) is 22.1 Å². The number of nitrogen functional groups attached to an aromatic ring is 1. The van der Waals surface area contributed by atoms with Gasteiger partial charge in [0.05, 0.1) is 23.3 Å². The van der Waals surface area contributed by atoms with Gasteiger partial charge in [0.1, 0.15) is 17.5 Å². The number of rotatable bonds is 6. The highest BCUT2D eigenvalue weighted by Gasteiger charge is 2.19. The van der Waals surface area contributed by atoms with Crippen LogP contribution in [0.15, 0.2) is 47.3 Å². The van der Waals surface area contributed by atoms with Crippen LogP contribution in [-0.2, 0) is 6.42 Å². The Morgan fingerprint density at radius 2 is 1.88 bits per heavy atom. The normalized spacial score (nSPS) is 14.0. The molecule has 10 heteroatoms. The number of ether oxygens (including phenoxy) is 1. The highest BCUT2D eigenvalue weighted by atomic mass is 35.5. The average molecular weight is 486 g/mol. The molecule has 1 aliphatic heterocycles. The molecule has 0 aliphatic carbocycles. The molecule has 4 heterocycles. The predicted octanol–water partition coefficient (Wildman–Crippen LogP) is 4.43. The molecule has 0 radical (unpaired) electrons. The summed E-state index contributed by atoms with van der Waals surface area (Å²) in [4.78, 5) is 11.1. The van der Waals surface area contributed by atoms with E-state index in [4.69, 9.17) is 26.5 Å². The van der Waals surface area contributed by atoms with Gasteiger partial charge in [-0.15, -0.1) is 0 Å². The molecule has 7 nitrogen and oxygen atoms in total. The Kier molecular flexibility index (Phi) is 6.21. The Labute approximate surface area is 199 Å². The van der Waals surface area contributed by atoms with Crippen molar-refractivity contribution in [3.05, 3.63) is 65.1 Å². The molecule has 176 valence electrons. The smallest absolute Gasteiger partial charge is 0.205 e. The molecule has 1 aliphatic rings. The molecule has 4 aromatic rings. The van der Waals surface area contributed by atoms with Crippen LogP contribution < -0.4 is 20.7 Å². The van der Waals surface area contributed by atoms with E-state index in [1.807, 2.05) is 12.1 Å². The van der Waals surface area contributed by atoms with Gasteiger partial charge in [-0.05, 0) is 24.3 Å². The van der Waals surface area contributed by atoms with E-state index in [0.717, 1.165) is 55.3 Å².